The number of aliphatic imine (C=N–C) groups is 1. The van der Waals surface area contributed by atoms with Crippen LogP contribution in [0.15, 0.2) is 15.7 Å². The summed E-state index contributed by atoms with van der Waals surface area (Å²) in [5, 5.41) is 0.235. The van der Waals surface area contributed by atoms with E-state index >= 15 is 0 Å². The van der Waals surface area contributed by atoms with Crippen LogP contribution in [0, 0.1) is 0 Å². The molecule has 0 aliphatic carbocycles. The second-order valence-electron chi connectivity index (χ2n) is 2.29. The van der Waals surface area contributed by atoms with Crippen molar-refractivity contribution in [1.29, 1.82) is 0 Å². The first-order valence-electron chi connectivity index (χ1n) is 2.99. The van der Waals surface area contributed by atoms with Gasteiger partial charge in [0.2, 0.25) is 3.79 Å². The van der Waals surface area contributed by atoms with Gasteiger partial charge in [0.1, 0.15) is 5.16 Å². The van der Waals surface area contributed by atoms with Gasteiger partial charge >= 0.3 is 0 Å². The number of alkyl halides is 3. The molecule has 0 aromatic rings. The Bertz CT molecular complexity index is 222. The van der Waals surface area contributed by atoms with Crippen LogP contribution in [0.3, 0.4) is 0 Å². The van der Waals surface area contributed by atoms with Gasteiger partial charge in [-0.15, -0.1) is 0 Å². The van der Waals surface area contributed by atoms with Crippen LogP contribution in [0.4, 0.5) is 0 Å². The third-order valence-corrected chi connectivity index (χ3v) is 1.96. The van der Waals surface area contributed by atoms with Crippen LogP contribution >= 0.6 is 46.4 Å². The summed E-state index contributed by atoms with van der Waals surface area (Å²) in [5.41, 5.74) is 6.12. The highest BCUT2D eigenvalue weighted by Crippen LogP contribution is 2.27. The average molecular weight is 250 g/mol. The molecule has 0 amide bonds. The molecule has 0 aromatic carbocycles. The molecule has 0 fully saturated rings. The molecule has 0 spiro atoms. The highest BCUT2D eigenvalue weighted by molar-refractivity contribution is 6.76. The molecule has 0 saturated heterocycles. The van der Waals surface area contributed by atoms with Crippen molar-refractivity contribution in [3.05, 3.63) is 10.7 Å². The van der Waals surface area contributed by atoms with E-state index in [-0.39, 0.29) is 11.0 Å². The smallest absolute Gasteiger partial charge is 0.247 e. The SMILES string of the molecule is CC(C)=C(Cl)/N=C(/N)C(Cl)(Cl)Cl. The summed E-state index contributed by atoms with van der Waals surface area (Å²) < 4.78 is -1.70. The van der Waals surface area contributed by atoms with Gasteiger partial charge < -0.3 is 5.73 Å². The van der Waals surface area contributed by atoms with Crippen molar-refractivity contribution in [2.75, 3.05) is 0 Å². The van der Waals surface area contributed by atoms with E-state index in [0.717, 1.165) is 5.57 Å². The molecule has 0 aromatic heterocycles. The van der Waals surface area contributed by atoms with Crippen LogP contribution < -0.4 is 5.73 Å². The van der Waals surface area contributed by atoms with Crippen LogP contribution in [0.2, 0.25) is 0 Å². The Hall–Kier alpha value is 0.370. The largest absolute Gasteiger partial charge is 0.384 e. The van der Waals surface area contributed by atoms with Crippen LogP contribution in [-0.2, 0) is 0 Å². The zero-order chi connectivity index (χ0) is 9.94. The standard InChI is InChI=1S/C6H8Cl4N2/c1-3(2)4(7)12-5(11)6(8,9)10/h1-2H3,(H2,11,12). The molecule has 0 unspecified atom stereocenters. The van der Waals surface area contributed by atoms with Gasteiger partial charge in [-0.3, -0.25) is 0 Å². The van der Waals surface area contributed by atoms with Crippen LogP contribution in [0.5, 0.6) is 0 Å². The molecule has 2 nitrogen and oxygen atoms in total. The van der Waals surface area contributed by atoms with Crippen molar-refractivity contribution in [3.8, 4) is 0 Å². The molecule has 0 aliphatic heterocycles. The Balaban J connectivity index is 4.71. The maximum Gasteiger partial charge on any atom is 0.247 e. The highest BCUT2D eigenvalue weighted by Gasteiger charge is 2.25. The van der Waals surface area contributed by atoms with Crippen LogP contribution in [-0.4, -0.2) is 9.63 Å². The predicted molar refractivity (Wildman–Crippen MR) is 56.1 cm³/mol. The molecular formula is C6H8Cl4N2. The van der Waals surface area contributed by atoms with Gasteiger partial charge in [-0.1, -0.05) is 46.4 Å². The fraction of sp³-hybridized carbons (Fsp3) is 0.500. The van der Waals surface area contributed by atoms with Gasteiger partial charge in [-0.05, 0) is 19.4 Å². The first kappa shape index (κ1) is 12.4. The number of hydrogen-bond donors (Lipinski definition) is 1. The summed E-state index contributed by atoms with van der Waals surface area (Å²) in [6.45, 7) is 3.55. The minimum Gasteiger partial charge on any atom is -0.384 e. The fourth-order valence-electron chi connectivity index (χ4n) is 0.281. The summed E-state index contributed by atoms with van der Waals surface area (Å²) in [6, 6.07) is 0. The summed E-state index contributed by atoms with van der Waals surface area (Å²) in [4.78, 5) is 3.69. The van der Waals surface area contributed by atoms with Crippen LogP contribution in [0.1, 0.15) is 13.8 Å². The predicted octanol–water partition coefficient (Wildman–Crippen LogP) is 3.20. The normalized spacial score (nSPS) is 13.0. The first-order chi connectivity index (χ1) is 5.25. The van der Waals surface area contributed by atoms with Gasteiger partial charge in [0.05, 0.1) is 0 Å². The maximum absolute atomic E-state index is 5.65. The third-order valence-electron chi connectivity index (χ3n) is 0.922. The lowest BCUT2D eigenvalue weighted by molar-refractivity contribution is 1.27. The van der Waals surface area contributed by atoms with Crippen molar-refractivity contribution in [3.63, 3.8) is 0 Å². The molecule has 0 radical (unpaired) electrons. The van der Waals surface area contributed by atoms with Gasteiger partial charge in [-0.25, -0.2) is 4.99 Å². The van der Waals surface area contributed by atoms with Gasteiger partial charge in [-0.2, -0.15) is 0 Å². The third kappa shape index (κ3) is 4.41. The van der Waals surface area contributed by atoms with Crippen molar-refractivity contribution >= 4 is 52.2 Å². The van der Waals surface area contributed by atoms with E-state index in [0.29, 0.717) is 0 Å². The van der Waals surface area contributed by atoms with Crippen molar-refractivity contribution in [1.82, 2.24) is 0 Å². The van der Waals surface area contributed by atoms with Crippen LogP contribution in [0.25, 0.3) is 0 Å². The number of nitrogens with zero attached hydrogens (tertiary/aromatic N) is 1. The highest BCUT2D eigenvalue weighted by atomic mass is 35.6. The summed E-state index contributed by atoms with van der Waals surface area (Å²) in [7, 11) is 0. The van der Waals surface area contributed by atoms with E-state index in [4.69, 9.17) is 52.1 Å². The number of allylic oxidation sites excluding steroid dienone is 1. The van der Waals surface area contributed by atoms with Gasteiger partial charge in [0.25, 0.3) is 0 Å². The molecule has 0 bridgehead atoms. The van der Waals surface area contributed by atoms with Crippen molar-refractivity contribution in [2.24, 2.45) is 10.7 Å². The topological polar surface area (TPSA) is 38.4 Å². The number of amidine groups is 1. The number of rotatable bonds is 1. The second kappa shape index (κ2) is 4.56. The number of hydrogen-bond acceptors (Lipinski definition) is 1. The molecule has 2 N–H and O–H groups in total. The molecule has 0 aliphatic rings. The zero-order valence-corrected chi connectivity index (χ0v) is 9.56. The maximum atomic E-state index is 5.65. The molecule has 0 atom stereocenters. The molecule has 70 valence electrons. The van der Waals surface area contributed by atoms with Crippen molar-refractivity contribution in [2.45, 2.75) is 17.6 Å². The minimum absolute atomic E-state index is 0.140. The second-order valence-corrected chi connectivity index (χ2v) is 4.92. The van der Waals surface area contributed by atoms with E-state index in [1.54, 1.807) is 13.8 Å². The Labute approximate surface area is 91.3 Å². The lowest BCUT2D eigenvalue weighted by Gasteiger charge is -2.09. The molecule has 0 rings (SSSR count). The summed E-state index contributed by atoms with van der Waals surface area (Å²) in [5.74, 6) is -0.140. The fourth-order valence-corrected chi connectivity index (χ4v) is 0.499. The Kier molecular flexibility index (Phi) is 4.70. The van der Waals surface area contributed by atoms with E-state index in [9.17, 15) is 0 Å². The van der Waals surface area contributed by atoms with E-state index in [2.05, 4.69) is 4.99 Å². The monoisotopic (exact) mass is 248 g/mol. The van der Waals surface area contributed by atoms with E-state index in [1.807, 2.05) is 0 Å². The van der Waals surface area contributed by atoms with Gasteiger partial charge in [0, 0.05) is 0 Å². The summed E-state index contributed by atoms with van der Waals surface area (Å²) >= 11 is 21.9. The minimum atomic E-state index is -1.70. The van der Waals surface area contributed by atoms with E-state index in [1.165, 1.54) is 0 Å². The number of nitrogens with two attached hydrogens (primary N) is 1. The Morgan fingerprint density at radius 1 is 1.25 bits per heavy atom. The quantitative estimate of drug-likeness (QED) is 0.330. The molecular weight excluding hydrogens is 242 g/mol. The average Bonchev–Trinajstić information content (AvgIpc) is 1.85. The lowest BCUT2D eigenvalue weighted by atomic mass is 10.4. The Morgan fingerprint density at radius 2 is 1.67 bits per heavy atom. The van der Waals surface area contributed by atoms with Crippen molar-refractivity contribution < 1.29 is 0 Å². The molecule has 0 saturated carbocycles. The first-order valence-corrected chi connectivity index (χ1v) is 4.50. The summed E-state index contributed by atoms with van der Waals surface area (Å²) in [6.07, 6.45) is 0. The zero-order valence-electron chi connectivity index (χ0n) is 6.54. The van der Waals surface area contributed by atoms with Gasteiger partial charge in [0.15, 0.2) is 5.84 Å². The van der Waals surface area contributed by atoms with E-state index < -0.39 is 3.79 Å². The molecule has 0 heterocycles. The Morgan fingerprint density at radius 3 is 1.92 bits per heavy atom. The molecule has 12 heavy (non-hydrogen) atoms. The lowest BCUT2D eigenvalue weighted by Crippen LogP contribution is -2.28. The number of halogens is 4. The molecule has 6 heteroatoms.